The van der Waals surface area contributed by atoms with E-state index < -0.39 is 0 Å². The first-order valence-electron chi connectivity index (χ1n) is 9.22. The first kappa shape index (κ1) is 18.2. The van der Waals surface area contributed by atoms with Gasteiger partial charge in [-0.25, -0.2) is 9.07 Å². The molecule has 7 heteroatoms. The number of benzene rings is 2. The molecule has 0 unspecified atom stereocenters. The van der Waals surface area contributed by atoms with Crippen LogP contribution in [0.5, 0.6) is 0 Å². The molecule has 2 heterocycles. The lowest BCUT2D eigenvalue weighted by atomic mass is 10.1. The molecule has 0 N–H and O–H groups in total. The van der Waals surface area contributed by atoms with Crippen LogP contribution < -0.4 is 10.5 Å². The van der Waals surface area contributed by atoms with E-state index in [-0.39, 0.29) is 17.3 Å². The van der Waals surface area contributed by atoms with E-state index in [1.54, 1.807) is 49.2 Å². The number of piperazine rings is 1. The van der Waals surface area contributed by atoms with Crippen molar-refractivity contribution in [2.24, 2.45) is 7.05 Å². The number of aryl methyl sites for hydroxylation is 2. The second kappa shape index (κ2) is 7.07. The topological polar surface area (TPSA) is 58.4 Å². The number of aromatic nitrogens is 2. The van der Waals surface area contributed by atoms with E-state index in [4.69, 9.17) is 0 Å². The summed E-state index contributed by atoms with van der Waals surface area (Å²) in [7, 11) is 1.56. The molecule has 144 valence electrons. The molecule has 0 atom stereocenters. The minimum absolute atomic E-state index is 0.179. The van der Waals surface area contributed by atoms with E-state index in [2.05, 4.69) is 10.00 Å². The third kappa shape index (κ3) is 3.13. The Morgan fingerprint density at radius 1 is 1.04 bits per heavy atom. The van der Waals surface area contributed by atoms with Gasteiger partial charge in [0.05, 0.1) is 5.39 Å². The summed E-state index contributed by atoms with van der Waals surface area (Å²) in [5.41, 5.74) is 1.64. The van der Waals surface area contributed by atoms with E-state index in [0.29, 0.717) is 48.2 Å². The highest BCUT2D eigenvalue weighted by Gasteiger charge is 2.25. The highest BCUT2D eigenvalue weighted by atomic mass is 19.1. The summed E-state index contributed by atoms with van der Waals surface area (Å²) in [5.74, 6) is -0.396. The van der Waals surface area contributed by atoms with Gasteiger partial charge in [0.25, 0.3) is 11.5 Å². The Kier molecular flexibility index (Phi) is 4.58. The van der Waals surface area contributed by atoms with Crippen molar-refractivity contribution in [3.05, 3.63) is 69.9 Å². The molecule has 0 aliphatic carbocycles. The average Bonchev–Trinajstić information content (AvgIpc) is 2.72. The van der Waals surface area contributed by atoms with Gasteiger partial charge >= 0.3 is 0 Å². The van der Waals surface area contributed by atoms with Gasteiger partial charge in [-0.1, -0.05) is 18.2 Å². The lowest BCUT2D eigenvalue weighted by Crippen LogP contribution is -2.49. The molecular weight excluding hydrogens is 359 g/mol. The third-order valence-corrected chi connectivity index (χ3v) is 5.23. The molecule has 0 saturated carbocycles. The van der Waals surface area contributed by atoms with E-state index in [1.807, 2.05) is 6.07 Å². The standard InChI is InChI=1S/C21H21FN4O2/c1-14-13-15(7-8-18(14)22)25-9-11-26(12-10-25)21(28)19-16-5-3-4-6-17(16)20(27)24(2)23-19/h3-8,13H,9-12H2,1-2H3. The molecule has 0 radical (unpaired) electrons. The summed E-state index contributed by atoms with van der Waals surface area (Å²) < 4.78 is 14.7. The fraction of sp³-hybridized carbons (Fsp3) is 0.286. The van der Waals surface area contributed by atoms with E-state index in [9.17, 15) is 14.0 Å². The third-order valence-electron chi connectivity index (χ3n) is 5.23. The van der Waals surface area contributed by atoms with Crippen LogP contribution in [-0.2, 0) is 7.05 Å². The summed E-state index contributed by atoms with van der Waals surface area (Å²) >= 11 is 0. The number of nitrogens with zero attached hydrogens (tertiary/aromatic N) is 4. The van der Waals surface area contributed by atoms with Crippen molar-refractivity contribution in [2.75, 3.05) is 31.1 Å². The van der Waals surface area contributed by atoms with Crippen LogP contribution in [0.1, 0.15) is 16.1 Å². The van der Waals surface area contributed by atoms with Crippen molar-refractivity contribution in [1.29, 1.82) is 0 Å². The van der Waals surface area contributed by atoms with Crippen molar-refractivity contribution in [2.45, 2.75) is 6.92 Å². The van der Waals surface area contributed by atoms with Crippen LogP contribution in [-0.4, -0.2) is 46.8 Å². The van der Waals surface area contributed by atoms with Crippen molar-refractivity contribution in [1.82, 2.24) is 14.7 Å². The van der Waals surface area contributed by atoms with Gasteiger partial charge in [-0.05, 0) is 36.8 Å². The monoisotopic (exact) mass is 380 g/mol. The van der Waals surface area contributed by atoms with Crippen LogP contribution in [0, 0.1) is 12.7 Å². The maximum absolute atomic E-state index is 13.5. The Morgan fingerprint density at radius 2 is 1.71 bits per heavy atom. The van der Waals surface area contributed by atoms with Crippen molar-refractivity contribution in [3.63, 3.8) is 0 Å². The molecular formula is C21H21FN4O2. The fourth-order valence-corrected chi connectivity index (χ4v) is 3.60. The van der Waals surface area contributed by atoms with Gasteiger partial charge in [0.15, 0.2) is 5.69 Å². The summed E-state index contributed by atoms with van der Waals surface area (Å²) in [5, 5.41) is 5.30. The minimum atomic E-state index is -0.219. The smallest absolute Gasteiger partial charge is 0.275 e. The number of carbonyl (C=O) groups is 1. The summed E-state index contributed by atoms with van der Waals surface area (Å²) in [4.78, 5) is 29.3. The van der Waals surface area contributed by atoms with Crippen LogP contribution in [0.4, 0.5) is 10.1 Å². The number of hydrogen-bond acceptors (Lipinski definition) is 4. The van der Waals surface area contributed by atoms with Crippen molar-refractivity contribution in [3.8, 4) is 0 Å². The molecule has 0 bridgehead atoms. The number of amides is 1. The van der Waals surface area contributed by atoms with E-state index in [1.165, 1.54) is 10.7 Å². The molecule has 3 aromatic rings. The molecule has 1 amide bonds. The number of fused-ring (bicyclic) bond motifs is 1. The molecule has 0 spiro atoms. The predicted octanol–water partition coefficient (Wildman–Crippen LogP) is 2.34. The second-order valence-electron chi connectivity index (χ2n) is 7.04. The summed E-state index contributed by atoms with van der Waals surface area (Å²) in [6, 6.07) is 12.1. The largest absolute Gasteiger partial charge is 0.368 e. The lowest BCUT2D eigenvalue weighted by molar-refractivity contribution is 0.0740. The Labute approximate surface area is 161 Å². The average molecular weight is 380 g/mol. The molecule has 1 aromatic heterocycles. The first-order chi connectivity index (χ1) is 13.5. The fourth-order valence-electron chi connectivity index (χ4n) is 3.60. The maximum atomic E-state index is 13.5. The molecule has 6 nitrogen and oxygen atoms in total. The van der Waals surface area contributed by atoms with Gasteiger partial charge in [-0.3, -0.25) is 9.59 Å². The lowest BCUT2D eigenvalue weighted by Gasteiger charge is -2.36. The number of rotatable bonds is 2. The molecule has 4 rings (SSSR count). The minimum Gasteiger partial charge on any atom is -0.368 e. The molecule has 28 heavy (non-hydrogen) atoms. The quantitative estimate of drug-likeness (QED) is 0.685. The predicted molar refractivity (Wildman–Crippen MR) is 106 cm³/mol. The van der Waals surface area contributed by atoms with Crippen LogP contribution in [0.25, 0.3) is 10.8 Å². The number of hydrogen-bond donors (Lipinski definition) is 0. The van der Waals surface area contributed by atoms with Crippen LogP contribution in [0.2, 0.25) is 0 Å². The Hall–Kier alpha value is -3.22. The van der Waals surface area contributed by atoms with Crippen LogP contribution in [0.3, 0.4) is 0 Å². The number of carbonyl (C=O) groups excluding carboxylic acids is 1. The molecule has 1 saturated heterocycles. The van der Waals surface area contributed by atoms with Gasteiger partial charge in [-0.2, -0.15) is 5.10 Å². The highest BCUT2D eigenvalue weighted by molar-refractivity contribution is 6.04. The van der Waals surface area contributed by atoms with Crippen molar-refractivity contribution >= 4 is 22.4 Å². The van der Waals surface area contributed by atoms with Gasteiger partial charge in [0.1, 0.15) is 5.82 Å². The zero-order valence-electron chi connectivity index (χ0n) is 15.9. The zero-order chi connectivity index (χ0) is 19.8. The first-order valence-corrected chi connectivity index (χ1v) is 9.22. The van der Waals surface area contributed by atoms with Gasteiger partial charge in [-0.15, -0.1) is 0 Å². The molecule has 2 aromatic carbocycles. The van der Waals surface area contributed by atoms with Gasteiger partial charge < -0.3 is 9.80 Å². The number of halogens is 1. The summed E-state index contributed by atoms with van der Waals surface area (Å²) in [6.07, 6.45) is 0. The zero-order valence-corrected chi connectivity index (χ0v) is 15.9. The SMILES string of the molecule is Cc1cc(N2CCN(C(=O)c3nn(C)c(=O)c4ccccc34)CC2)ccc1F. The molecule has 1 aliphatic heterocycles. The van der Waals surface area contributed by atoms with Gasteiger partial charge in [0, 0.05) is 44.3 Å². The van der Waals surface area contributed by atoms with E-state index in [0.717, 1.165) is 5.69 Å². The van der Waals surface area contributed by atoms with E-state index >= 15 is 0 Å². The van der Waals surface area contributed by atoms with Crippen molar-refractivity contribution < 1.29 is 9.18 Å². The second-order valence-corrected chi connectivity index (χ2v) is 7.04. The molecule has 1 fully saturated rings. The highest BCUT2D eigenvalue weighted by Crippen LogP contribution is 2.21. The van der Waals surface area contributed by atoms with Crippen LogP contribution in [0.15, 0.2) is 47.3 Å². The van der Waals surface area contributed by atoms with Gasteiger partial charge in [0.2, 0.25) is 0 Å². The van der Waals surface area contributed by atoms with Crippen LogP contribution >= 0.6 is 0 Å². The summed E-state index contributed by atoms with van der Waals surface area (Å²) in [6.45, 7) is 4.12. The number of anilines is 1. The Bertz CT molecular complexity index is 1120. The maximum Gasteiger partial charge on any atom is 0.275 e. The molecule has 1 aliphatic rings. The Balaban J connectivity index is 1.56. The normalized spacial score (nSPS) is 14.5. The Morgan fingerprint density at radius 3 is 2.39 bits per heavy atom.